The van der Waals surface area contributed by atoms with Gasteiger partial charge in [0.1, 0.15) is 31.3 Å². The lowest BCUT2D eigenvalue weighted by Gasteiger charge is -2.24. The fraction of sp³-hybridized carbons (Fsp3) is 0.750. The molecule has 0 radical (unpaired) electrons. The van der Waals surface area contributed by atoms with E-state index in [-0.39, 0.29) is 38.3 Å². The fourth-order valence-corrected chi connectivity index (χ4v) is 7.49. The van der Waals surface area contributed by atoms with E-state index in [0.29, 0.717) is 23.9 Å². The van der Waals surface area contributed by atoms with Crippen molar-refractivity contribution < 1.29 is 51.2 Å². The first-order valence-corrected chi connectivity index (χ1v) is 24.7. The number of hydrogen-bond donors (Lipinski definition) is 1. The summed E-state index contributed by atoms with van der Waals surface area (Å²) in [6.45, 7) is 8.55. The number of allylic oxidation sites excluding steroid dienone is 5. The predicted molar refractivity (Wildman–Crippen MR) is 241 cm³/mol. The van der Waals surface area contributed by atoms with E-state index in [1.54, 1.807) is 0 Å². The van der Waals surface area contributed by atoms with Gasteiger partial charge < -0.3 is 28.0 Å². The number of hydrogen-bond acceptors (Lipinski definition) is 9. The number of carbonyl (C=O) groups is 2. The number of carbonyl (C=O) groups excluding carboxylic acids is 2. The van der Waals surface area contributed by atoms with Crippen molar-refractivity contribution in [3.63, 3.8) is 0 Å². The quantitative estimate of drug-likeness (QED) is 0.0172. The van der Waals surface area contributed by atoms with E-state index < -0.39 is 32.5 Å². The Morgan fingerprint density at radius 1 is 0.717 bits per heavy atom. The van der Waals surface area contributed by atoms with Crippen molar-refractivity contribution >= 4 is 19.8 Å². The van der Waals surface area contributed by atoms with Gasteiger partial charge in [0.2, 0.25) is 0 Å². The lowest BCUT2D eigenvalue weighted by Crippen LogP contribution is -2.37. The third-order valence-electron chi connectivity index (χ3n) is 10.8. The minimum atomic E-state index is -4.42. The van der Waals surface area contributed by atoms with Crippen molar-refractivity contribution in [2.24, 2.45) is 0 Å². The molecule has 1 N–H and O–H groups in total. The smallest absolute Gasteiger partial charge is 0.466 e. The van der Waals surface area contributed by atoms with Crippen LogP contribution in [0.1, 0.15) is 165 Å². The van der Waals surface area contributed by atoms with Crippen molar-refractivity contribution in [3.8, 4) is 0 Å². The van der Waals surface area contributed by atoms with Gasteiger partial charge >= 0.3 is 19.8 Å². The van der Waals surface area contributed by atoms with Gasteiger partial charge in [0.05, 0.1) is 40.0 Å². The lowest BCUT2D eigenvalue weighted by molar-refractivity contribution is -0.870. The maximum atomic E-state index is 12.8. The predicted octanol–water partition coefficient (Wildman–Crippen LogP) is 11.6. The van der Waals surface area contributed by atoms with Crippen LogP contribution in [0.3, 0.4) is 0 Å². The fourth-order valence-electron chi connectivity index (χ4n) is 6.75. The molecule has 1 fully saturated rings. The van der Waals surface area contributed by atoms with E-state index in [9.17, 15) is 19.0 Å². The van der Waals surface area contributed by atoms with E-state index in [1.165, 1.54) is 49.7 Å². The Balaban J connectivity index is 1.68. The maximum absolute atomic E-state index is 12.8. The molecule has 0 aromatic carbocycles. The van der Waals surface area contributed by atoms with E-state index in [2.05, 4.69) is 64.2 Å². The van der Waals surface area contributed by atoms with Crippen LogP contribution in [0.15, 0.2) is 40.9 Å². The number of likely N-dealkylation sites (N-methyl/N-ethyl adjacent to an activating group) is 1. The van der Waals surface area contributed by atoms with Crippen LogP contribution in [0.25, 0.3) is 0 Å². The minimum Gasteiger partial charge on any atom is -0.466 e. The first kappa shape index (κ1) is 53.6. The molecule has 1 aliphatic rings. The first-order valence-electron chi connectivity index (χ1n) is 23.2. The van der Waals surface area contributed by atoms with Crippen molar-refractivity contribution in [1.29, 1.82) is 0 Å². The van der Waals surface area contributed by atoms with Crippen LogP contribution >= 0.6 is 7.82 Å². The number of esters is 2. The van der Waals surface area contributed by atoms with Crippen LogP contribution in [0.2, 0.25) is 0 Å². The zero-order chi connectivity index (χ0) is 44.1. The topological polar surface area (TPSA) is 134 Å². The Morgan fingerprint density at radius 3 is 1.97 bits per heavy atom. The molecule has 344 valence electrons. The lowest BCUT2D eigenvalue weighted by atomic mass is 10.0. The maximum Gasteiger partial charge on any atom is 0.472 e. The van der Waals surface area contributed by atoms with Crippen LogP contribution in [-0.4, -0.2) is 87.1 Å². The Labute approximate surface area is 363 Å². The van der Waals surface area contributed by atoms with Crippen LogP contribution in [0, 0.1) is 13.8 Å². The second-order valence-electron chi connectivity index (χ2n) is 17.4. The molecule has 0 spiro atoms. The molecule has 2 heterocycles. The number of epoxide rings is 1. The summed E-state index contributed by atoms with van der Waals surface area (Å²) in [5.74, 6) is 1.37. The Kier molecular flexibility index (Phi) is 28.0. The molecule has 0 amide bonds. The molecular formula is C48H83NO10P+. The number of quaternary nitrogens is 1. The van der Waals surface area contributed by atoms with Gasteiger partial charge in [-0.3, -0.25) is 18.6 Å². The number of unbranched alkanes of at least 4 members (excludes halogenated alkanes) is 10. The second kappa shape index (κ2) is 31.3. The van der Waals surface area contributed by atoms with E-state index >= 15 is 0 Å². The number of phosphoric acid groups is 1. The highest BCUT2D eigenvalue weighted by atomic mass is 31.2. The van der Waals surface area contributed by atoms with Crippen molar-refractivity contribution in [1.82, 2.24) is 0 Å². The number of rotatable bonds is 37. The summed E-state index contributed by atoms with van der Waals surface area (Å²) < 4.78 is 46.4. The highest BCUT2D eigenvalue weighted by molar-refractivity contribution is 7.47. The van der Waals surface area contributed by atoms with E-state index in [4.69, 9.17) is 27.7 Å². The van der Waals surface area contributed by atoms with Crippen LogP contribution in [0.5, 0.6) is 0 Å². The molecule has 1 aliphatic heterocycles. The van der Waals surface area contributed by atoms with E-state index in [1.807, 2.05) is 21.1 Å². The molecule has 0 saturated carbocycles. The average Bonchev–Trinajstić information content (AvgIpc) is 3.89. The number of phosphoric ester groups is 1. The monoisotopic (exact) mass is 865 g/mol. The summed E-state index contributed by atoms with van der Waals surface area (Å²) >= 11 is 0. The van der Waals surface area contributed by atoms with Gasteiger partial charge in [-0.05, 0) is 89.2 Å². The average molecular weight is 865 g/mol. The molecule has 0 aliphatic carbocycles. The van der Waals surface area contributed by atoms with Gasteiger partial charge in [-0.25, -0.2) is 4.57 Å². The number of furan rings is 1. The normalized spacial score (nSPS) is 17.2. The van der Waals surface area contributed by atoms with Crippen LogP contribution in [-0.2, 0) is 50.3 Å². The van der Waals surface area contributed by atoms with Gasteiger partial charge in [-0.1, -0.05) is 102 Å². The van der Waals surface area contributed by atoms with Crippen LogP contribution < -0.4 is 0 Å². The number of nitrogens with zero attached hydrogens (tertiary/aromatic N) is 1. The van der Waals surface area contributed by atoms with Gasteiger partial charge in [-0.15, -0.1) is 0 Å². The van der Waals surface area contributed by atoms with Crippen molar-refractivity contribution in [2.75, 3.05) is 47.5 Å². The van der Waals surface area contributed by atoms with Gasteiger partial charge in [0.25, 0.3) is 0 Å². The minimum absolute atomic E-state index is 0.00823. The zero-order valence-corrected chi connectivity index (χ0v) is 39.5. The molecule has 12 heteroatoms. The highest BCUT2D eigenvalue weighted by Gasteiger charge is 2.37. The molecule has 11 nitrogen and oxygen atoms in total. The largest absolute Gasteiger partial charge is 0.472 e. The molecule has 0 bridgehead atoms. The highest BCUT2D eigenvalue weighted by Crippen LogP contribution is 2.43. The molecule has 2 rings (SSSR count). The second-order valence-corrected chi connectivity index (χ2v) is 18.9. The molecule has 4 atom stereocenters. The first-order chi connectivity index (χ1) is 28.7. The van der Waals surface area contributed by atoms with Crippen LogP contribution in [0.4, 0.5) is 0 Å². The van der Waals surface area contributed by atoms with Crippen molar-refractivity contribution in [3.05, 3.63) is 59.1 Å². The Bertz CT molecular complexity index is 1460. The summed E-state index contributed by atoms with van der Waals surface area (Å²) in [5, 5.41) is 0. The molecule has 1 aromatic heterocycles. The van der Waals surface area contributed by atoms with Gasteiger partial charge in [0, 0.05) is 25.7 Å². The van der Waals surface area contributed by atoms with Gasteiger partial charge in [-0.2, -0.15) is 0 Å². The van der Waals surface area contributed by atoms with E-state index in [0.717, 1.165) is 88.6 Å². The summed E-state index contributed by atoms with van der Waals surface area (Å²) in [5.41, 5.74) is 2.60. The Hall–Kier alpha value is -2.53. The number of aryl methyl sites for hydroxylation is 2. The molecule has 1 aromatic rings. The Morgan fingerprint density at radius 2 is 1.30 bits per heavy atom. The summed E-state index contributed by atoms with van der Waals surface area (Å²) in [7, 11) is 1.40. The van der Waals surface area contributed by atoms with Gasteiger partial charge in [0.15, 0.2) is 6.10 Å². The molecular weight excluding hydrogens is 781 g/mol. The number of ether oxygens (including phenoxy) is 3. The summed E-state index contributed by atoms with van der Waals surface area (Å²) in [6.07, 6.45) is 33.3. The summed E-state index contributed by atoms with van der Waals surface area (Å²) in [4.78, 5) is 35.7. The standard InChI is InChI=1S/C48H82NO10P/c1-8-10-12-13-14-15-16-17-18-19-23-27-32-45-46(59-45)33-29-35-48(51)57-42(39-56-60(52,53)55-37-36-49(5,6)7)38-54-47(50)34-28-24-21-20-22-26-31-44-41(4)40(3)43(58-44)30-25-11-9-2/h14-15,17-18,23,27,42,45-46H,8-13,16,19-22,24-26,28-39H2,1-7H3/p+1/b15-14-,18-17-,27-23-/t42-,45?,46?/m1/s1. The molecule has 60 heavy (non-hydrogen) atoms. The summed E-state index contributed by atoms with van der Waals surface area (Å²) in [6, 6.07) is 0. The third-order valence-corrected chi connectivity index (χ3v) is 11.8. The molecule has 3 unspecified atom stereocenters. The van der Waals surface area contributed by atoms with Crippen molar-refractivity contribution in [2.45, 2.75) is 187 Å². The molecule has 1 saturated heterocycles. The SMILES string of the molecule is CCCCC/C=C\C/C=C\C/C=C\CC1OC1CCCC(=O)O[C@H](COC(=O)CCCCCCCCc1oc(CCCCC)c(C)c1C)COP(=O)(O)OCC[N+](C)(C)C. The third kappa shape index (κ3) is 26.7. The zero-order valence-electron chi connectivity index (χ0n) is 38.6.